The number of hydrogen-bond donors (Lipinski definition) is 0. The first-order valence-corrected chi connectivity index (χ1v) is 11.7. The van der Waals surface area contributed by atoms with Crippen LogP contribution in [0.2, 0.25) is 0 Å². The van der Waals surface area contributed by atoms with Gasteiger partial charge in [-0.15, -0.1) is 0 Å². The molecular formula is C22H22BrN5O8. The summed E-state index contributed by atoms with van der Waals surface area (Å²) >= 11 is 3.29. The van der Waals surface area contributed by atoms with Gasteiger partial charge in [0.15, 0.2) is 11.2 Å². The van der Waals surface area contributed by atoms with Crippen LogP contribution in [0.3, 0.4) is 0 Å². The van der Waals surface area contributed by atoms with E-state index in [1.54, 1.807) is 16.7 Å². The molecule has 0 saturated carbocycles. The number of nitro benzene ring substituents is 1. The van der Waals surface area contributed by atoms with Gasteiger partial charge in [0.2, 0.25) is 10.6 Å². The van der Waals surface area contributed by atoms with Crippen molar-refractivity contribution in [2.24, 2.45) is 0 Å². The van der Waals surface area contributed by atoms with Gasteiger partial charge in [0, 0.05) is 38.8 Å². The first-order valence-electron chi connectivity index (χ1n) is 10.9. The second-order valence-corrected chi connectivity index (χ2v) is 8.67. The number of nitrogens with zero attached hydrogens (tertiary/aromatic N) is 5. The number of carbonyl (C=O) groups excluding carboxylic acids is 2. The van der Waals surface area contributed by atoms with Gasteiger partial charge in [-0.1, -0.05) is 12.1 Å². The number of aromatic nitrogens is 4. The summed E-state index contributed by atoms with van der Waals surface area (Å²) in [6, 6.07) is 6.22. The van der Waals surface area contributed by atoms with Gasteiger partial charge >= 0.3 is 11.9 Å². The fraction of sp³-hybridized carbons (Fsp3) is 0.409. The first kappa shape index (κ1) is 25.4. The molecule has 36 heavy (non-hydrogen) atoms. The summed E-state index contributed by atoms with van der Waals surface area (Å²) in [7, 11) is 0. The normalized spacial score (nSPS) is 19.2. The zero-order chi connectivity index (χ0) is 25.8. The number of non-ortho nitro benzene ring substituents is 1. The lowest BCUT2D eigenvalue weighted by molar-refractivity contribution is -0.384. The van der Waals surface area contributed by atoms with Gasteiger partial charge in [0.25, 0.3) is 5.69 Å². The molecule has 190 valence electrons. The van der Waals surface area contributed by atoms with Crippen molar-refractivity contribution in [2.75, 3.05) is 13.2 Å². The average molecular weight is 564 g/mol. The molecule has 0 amide bonds. The number of benzene rings is 1. The molecule has 13 nitrogen and oxygen atoms in total. The molecule has 2 aromatic heterocycles. The van der Waals surface area contributed by atoms with Gasteiger partial charge in [-0.3, -0.25) is 24.3 Å². The second-order valence-electron chi connectivity index (χ2n) is 7.96. The topological polar surface area (TPSA) is 158 Å². The first-order chi connectivity index (χ1) is 17.2. The van der Waals surface area contributed by atoms with Gasteiger partial charge in [-0.2, -0.15) is 4.98 Å². The molecule has 0 aliphatic carbocycles. The Hall–Kier alpha value is -3.65. The van der Waals surface area contributed by atoms with Crippen LogP contribution < -0.4 is 4.74 Å². The van der Waals surface area contributed by atoms with Crippen molar-refractivity contribution in [3.05, 3.63) is 51.0 Å². The summed E-state index contributed by atoms with van der Waals surface area (Å²) in [6.45, 7) is 2.77. The predicted octanol–water partition coefficient (Wildman–Crippen LogP) is 2.90. The van der Waals surface area contributed by atoms with Crippen molar-refractivity contribution in [2.45, 2.75) is 45.1 Å². The Morgan fingerprint density at radius 2 is 1.97 bits per heavy atom. The third-order valence-electron chi connectivity index (χ3n) is 5.40. The Labute approximate surface area is 213 Å². The van der Waals surface area contributed by atoms with E-state index in [9.17, 15) is 19.7 Å². The predicted molar refractivity (Wildman–Crippen MR) is 126 cm³/mol. The van der Waals surface area contributed by atoms with Crippen LogP contribution in [0.25, 0.3) is 11.2 Å². The van der Waals surface area contributed by atoms with Crippen LogP contribution in [-0.2, 0) is 30.2 Å². The largest absolute Gasteiger partial charge is 0.476 e. The maximum absolute atomic E-state index is 11.5. The molecule has 0 radical (unpaired) electrons. The minimum Gasteiger partial charge on any atom is -0.476 e. The summed E-state index contributed by atoms with van der Waals surface area (Å²) in [5.41, 5.74) is 1.72. The van der Waals surface area contributed by atoms with Crippen molar-refractivity contribution in [1.82, 2.24) is 19.5 Å². The maximum atomic E-state index is 11.5. The number of esters is 2. The molecule has 0 N–H and O–H groups in total. The van der Waals surface area contributed by atoms with E-state index in [0.29, 0.717) is 24.0 Å². The van der Waals surface area contributed by atoms with Crippen LogP contribution in [-0.4, -0.2) is 61.8 Å². The number of imidazole rings is 1. The molecular weight excluding hydrogens is 542 g/mol. The minimum absolute atomic E-state index is 0.0202. The molecule has 3 aromatic rings. The van der Waals surface area contributed by atoms with Crippen molar-refractivity contribution in [3.63, 3.8) is 0 Å². The molecule has 3 heterocycles. The van der Waals surface area contributed by atoms with Crippen molar-refractivity contribution in [1.29, 1.82) is 0 Å². The molecule has 1 aliphatic heterocycles. The van der Waals surface area contributed by atoms with E-state index in [-0.39, 0.29) is 29.5 Å². The van der Waals surface area contributed by atoms with E-state index in [4.69, 9.17) is 18.9 Å². The number of rotatable bonds is 9. The summed E-state index contributed by atoms with van der Waals surface area (Å²) in [5.74, 6) is -0.691. The van der Waals surface area contributed by atoms with Crippen LogP contribution in [0.4, 0.5) is 5.69 Å². The van der Waals surface area contributed by atoms with Crippen LogP contribution in [0.15, 0.2) is 35.3 Å². The Kier molecular flexibility index (Phi) is 7.74. The number of ether oxygens (including phenoxy) is 4. The van der Waals surface area contributed by atoms with Crippen LogP contribution in [0, 0.1) is 10.1 Å². The lowest BCUT2D eigenvalue weighted by atomic mass is 10.1. The fourth-order valence-corrected chi connectivity index (χ4v) is 4.11. The molecule has 0 bridgehead atoms. The van der Waals surface area contributed by atoms with Gasteiger partial charge in [-0.25, -0.2) is 9.97 Å². The highest BCUT2D eigenvalue weighted by Crippen LogP contribution is 2.34. The van der Waals surface area contributed by atoms with E-state index in [2.05, 4.69) is 30.9 Å². The average Bonchev–Trinajstić information content (AvgIpc) is 3.41. The quantitative estimate of drug-likeness (QED) is 0.163. The summed E-state index contributed by atoms with van der Waals surface area (Å²) in [5, 5.41) is 10.8. The Bertz CT molecular complexity index is 1280. The number of halogens is 1. The third-order valence-corrected chi connectivity index (χ3v) is 5.75. The lowest BCUT2D eigenvalue weighted by Gasteiger charge is -2.17. The van der Waals surface area contributed by atoms with Crippen molar-refractivity contribution >= 4 is 44.7 Å². The van der Waals surface area contributed by atoms with Crippen LogP contribution in [0.1, 0.15) is 32.1 Å². The molecule has 14 heteroatoms. The van der Waals surface area contributed by atoms with E-state index >= 15 is 0 Å². The van der Waals surface area contributed by atoms with E-state index in [0.717, 1.165) is 5.56 Å². The second kappa shape index (κ2) is 11.0. The van der Waals surface area contributed by atoms with Crippen molar-refractivity contribution in [3.8, 4) is 5.88 Å². The standard InChI is InChI=1S/C22H22BrN5O8/c1-12(29)34-10-17-16(35-13(2)30)9-18(36-17)27-11-24-19-20(27)25-22(23)26-21(19)33-8-7-14-3-5-15(6-4-14)28(31)32/h3-6,11,16-18H,7-10H2,1-2H3/t16-,17+,18+/m0/s1. The molecule has 1 fully saturated rings. The van der Waals surface area contributed by atoms with E-state index in [1.807, 2.05) is 0 Å². The molecule has 0 unspecified atom stereocenters. The van der Waals surface area contributed by atoms with Gasteiger partial charge < -0.3 is 18.9 Å². The molecule has 0 spiro atoms. The monoisotopic (exact) mass is 563 g/mol. The molecule has 3 atom stereocenters. The maximum Gasteiger partial charge on any atom is 0.303 e. The Morgan fingerprint density at radius 3 is 2.64 bits per heavy atom. The highest BCUT2D eigenvalue weighted by atomic mass is 79.9. The third kappa shape index (κ3) is 5.94. The summed E-state index contributed by atoms with van der Waals surface area (Å²) < 4.78 is 24.3. The van der Waals surface area contributed by atoms with Crippen LogP contribution >= 0.6 is 15.9 Å². The van der Waals surface area contributed by atoms with E-state index < -0.39 is 35.3 Å². The SMILES string of the molecule is CC(=O)OC[C@H]1O[C@@H](n2cnc3c(OCCc4ccc([N+](=O)[O-])cc4)nc(Br)nc32)C[C@@H]1OC(C)=O. The molecule has 1 aliphatic rings. The molecule has 1 saturated heterocycles. The molecule has 1 aromatic carbocycles. The zero-order valence-corrected chi connectivity index (χ0v) is 20.9. The van der Waals surface area contributed by atoms with Gasteiger partial charge in [0.1, 0.15) is 25.0 Å². The highest BCUT2D eigenvalue weighted by molar-refractivity contribution is 9.10. The minimum atomic E-state index is -0.650. The number of hydrogen-bond acceptors (Lipinski definition) is 11. The zero-order valence-electron chi connectivity index (χ0n) is 19.3. The smallest absolute Gasteiger partial charge is 0.303 e. The number of fused-ring (bicyclic) bond motifs is 1. The fourth-order valence-electron chi connectivity index (χ4n) is 3.78. The van der Waals surface area contributed by atoms with Crippen LogP contribution in [0.5, 0.6) is 5.88 Å². The highest BCUT2D eigenvalue weighted by Gasteiger charge is 2.40. The number of nitro groups is 1. The summed E-state index contributed by atoms with van der Waals surface area (Å²) in [4.78, 5) is 46.2. The summed E-state index contributed by atoms with van der Waals surface area (Å²) in [6.07, 6.45) is 0.466. The number of carbonyl (C=O) groups is 2. The van der Waals surface area contributed by atoms with Gasteiger partial charge in [0.05, 0.1) is 17.9 Å². The Balaban J connectivity index is 1.49. The van der Waals surface area contributed by atoms with Crippen molar-refractivity contribution < 1.29 is 33.5 Å². The molecule has 4 rings (SSSR count). The van der Waals surface area contributed by atoms with Gasteiger partial charge in [-0.05, 0) is 21.5 Å². The lowest BCUT2D eigenvalue weighted by Crippen LogP contribution is -2.31. The van der Waals surface area contributed by atoms with E-state index in [1.165, 1.54) is 32.3 Å². The Morgan fingerprint density at radius 1 is 1.22 bits per heavy atom.